The van der Waals surface area contributed by atoms with E-state index in [1.807, 2.05) is 36.4 Å². The van der Waals surface area contributed by atoms with Gasteiger partial charge in [-0.05, 0) is 61.7 Å². The first-order chi connectivity index (χ1) is 13.1. The third kappa shape index (κ3) is 3.78. The molecule has 4 rings (SSSR count). The lowest BCUT2D eigenvalue weighted by molar-refractivity contribution is 0.0680. The maximum absolute atomic E-state index is 11.2. The molecular weight excluding hydrogens is 340 g/mol. The summed E-state index contributed by atoms with van der Waals surface area (Å²) in [6.45, 7) is 3.48. The highest BCUT2D eigenvalue weighted by Gasteiger charge is 2.16. The Morgan fingerprint density at radius 3 is 2.74 bits per heavy atom. The highest BCUT2D eigenvalue weighted by Crippen LogP contribution is 2.28. The summed E-state index contributed by atoms with van der Waals surface area (Å²) < 4.78 is 11.5. The molecule has 5 nitrogen and oxygen atoms in total. The molecule has 1 aromatic heterocycles. The number of rotatable bonds is 5. The summed E-state index contributed by atoms with van der Waals surface area (Å²) in [6.07, 6.45) is 2.37. The average Bonchev–Trinajstić information content (AvgIpc) is 3.20. The van der Waals surface area contributed by atoms with Crippen LogP contribution < -0.4 is 10.5 Å². The van der Waals surface area contributed by atoms with E-state index in [4.69, 9.17) is 20.2 Å². The van der Waals surface area contributed by atoms with Crippen LogP contribution in [0.15, 0.2) is 48.5 Å². The molecule has 0 aliphatic carbocycles. The Balaban J connectivity index is 1.59. The van der Waals surface area contributed by atoms with Gasteiger partial charge in [0.05, 0.1) is 17.3 Å². The molecule has 1 atom stereocenters. The lowest BCUT2D eigenvalue weighted by Gasteiger charge is -2.13. The van der Waals surface area contributed by atoms with Gasteiger partial charge >= 0.3 is 0 Å². The molecule has 27 heavy (non-hydrogen) atoms. The lowest BCUT2D eigenvalue weighted by atomic mass is 10.0. The van der Waals surface area contributed by atoms with E-state index in [1.54, 1.807) is 12.1 Å². The standard InChI is InChI=1S/C22H22N2O3/c1-14-11-21(15-4-6-16(7-5-15)22(23)25)24-20-9-8-17(12-19(14)20)27-13-18-3-2-10-26-18/h4-9,11-12,18H,2-3,10,13H2,1H3,(H2,23,25). The van der Waals surface area contributed by atoms with Crippen molar-refractivity contribution in [2.24, 2.45) is 5.73 Å². The minimum Gasteiger partial charge on any atom is -0.491 e. The third-order valence-corrected chi connectivity index (χ3v) is 4.91. The van der Waals surface area contributed by atoms with Gasteiger partial charge < -0.3 is 15.2 Å². The van der Waals surface area contributed by atoms with E-state index in [-0.39, 0.29) is 6.10 Å². The maximum atomic E-state index is 11.2. The lowest BCUT2D eigenvalue weighted by Crippen LogP contribution is -2.16. The van der Waals surface area contributed by atoms with Crippen molar-refractivity contribution in [1.82, 2.24) is 4.98 Å². The second-order valence-corrected chi connectivity index (χ2v) is 6.89. The van der Waals surface area contributed by atoms with Crippen molar-refractivity contribution in [2.75, 3.05) is 13.2 Å². The second kappa shape index (κ2) is 7.37. The molecule has 3 aromatic rings. The Labute approximate surface area is 158 Å². The highest BCUT2D eigenvalue weighted by molar-refractivity contribution is 5.93. The summed E-state index contributed by atoms with van der Waals surface area (Å²) in [4.78, 5) is 16.0. The van der Waals surface area contributed by atoms with Gasteiger partial charge in [0.1, 0.15) is 12.4 Å². The van der Waals surface area contributed by atoms with Gasteiger partial charge in [-0.1, -0.05) is 12.1 Å². The molecule has 0 bridgehead atoms. The number of fused-ring (bicyclic) bond motifs is 1. The van der Waals surface area contributed by atoms with Crippen molar-refractivity contribution in [2.45, 2.75) is 25.9 Å². The molecule has 0 radical (unpaired) electrons. The average molecular weight is 362 g/mol. The fourth-order valence-electron chi connectivity index (χ4n) is 3.38. The molecule has 2 N–H and O–H groups in total. The van der Waals surface area contributed by atoms with Crippen LogP contribution in [0.3, 0.4) is 0 Å². The number of hydrogen-bond donors (Lipinski definition) is 1. The largest absolute Gasteiger partial charge is 0.491 e. The Morgan fingerprint density at radius 1 is 1.22 bits per heavy atom. The predicted molar refractivity (Wildman–Crippen MR) is 105 cm³/mol. The molecule has 0 spiro atoms. The van der Waals surface area contributed by atoms with Crippen molar-refractivity contribution in [3.05, 3.63) is 59.7 Å². The molecule has 5 heteroatoms. The summed E-state index contributed by atoms with van der Waals surface area (Å²) in [7, 11) is 0. The number of pyridine rings is 1. The SMILES string of the molecule is Cc1cc(-c2ccc(C(N)=O)cc2)nc2ccc(OCC3CCCO3)cc12. The van der Waals surface area contributed by atoms with Crippen LogP contribution in [0.5, 0.6) is 5.75 Å². The zero-order valence-corrected chi connectivity index (χ0v) is 15.3. The van der Waals surface area contributed by atoms with Crippen LogP contribution in [-0.2, 0) is 4.74 Å². The number of primary amides is 1. The Morgan fingerprint density at radius 2 is 2.04 bits per heavy atom. The number of benzene rings is 2. The monoisotopic (exact) mass is 362 g/mol. The van der Waals surface area contributed by atoms with E-state index in [1.165, 1.54) is 0 Å². The smallest absolute Gasteiger partial charge is 0.248 e. The van der Waals surface area contributed by atoms with Crippen LogP contribution in [0.2, 0.25) is 0 Å². The van der Waals surface area contributed by atoms with Gasteiger partial charge in [-0.25, -0.2) is 4.98 Å². The molecule has 2 heterocycles. The minimum absolute atomic E-state index is 0.200. The number of ether oxygens (including phenoxy) is 2. The fraction of sp³-hybridized carbons (Fsp3) is 0.273. The van der Waals surface area contributed by atoms with E-state index in [0.717, 1.165) is 52.9 Å². The first-order valence-corrected chi connectivity index (χ1v) is 9.16. The predicted octanol–water partition coefficient (Wildman–Crippen LogP) is 3.87. The van der Waals surface area contributed by atoms with Gasteiger partial charge in [-0.3, -0.25) is 4.79 Å². The topological polar surface area (TPSA) is 74.4 Å². The van der Waals surface area contributed by atoms with Crippen LogP contribution in [0.1, 0.15) is 28.8 Å². The van der Waals surface area contributed by atoms with Gasteiger partial charge in [0.25, 0.3) is 0 Å². The van der Waals surface area contributed by atoms with Crippen molar-refractivity contribution in [1.29, 1.82) is 0 Å². The van der Waals surface area contributed by atoms with Gasteiger partial charge in [0.15, 0.2) is 0 Å². The normalized spacial score (nSPS) is 16.6. The molecule has 1 unspecified atom stereocenters. The van der Waals surface area contributed by atoms with Crippen molar-refractivity contribution in [3.8, 4) is 17.0 Å². The third-order valence-electron chi connectivity index (χ3n) is 4.91. The molecule has 138 valence electrons. The molecule has 1 fully saturated rings. The van der Waals surface area contributed by atoms with Crippen molar-refractivity contribution in [3.63, 3.8) is 0 Å². The number of carbonyl (C=O) groups is 1. The number of amides is 1. The summed E-state index contributed by atoms with van der Waals surface area (Å²) in [6, 6.07) is 15.2. The summed E-state index contributed by atoms with van der Waals surface area (Å²) >= 11 is 0. The van der Waals surface area contributed by atoms with Gasteiger partial charge in [0.2, 0.25) is 5.91 Å². The summed E-state index contributed by atoms with van der Waals surface area (Å²) in [5, 5.41) is 1.07. The van der Waals surface area contributed by atoms with Crippen LogP contribution >= 0.6 is 0 Å². The van der Waals surface area contributed by atoms with Gasteiger partial charge in [-0.2, -0.15) is 0 Å². The highest BCUT2D eigenvalue weighted by atomic mass is 16.5. The Bertz CT molecular complexity index is 977. The molecule has 0 saturated carbocycles. The number of hydrogen-bond acceptors (Lipinski definition) is 4. The summed E-state index contributed by atoms with van der Waals surface area (Å²) in [5.74, 6) is 0.404. The van der Waals surface area contributed by atoms with Gasteiger partial charge in [-0.15, -0.1) is 0 Å². The zero-order valence-electron chi connectivity index (χ0n) is 15.3. The Kier molecular flexibility index (Phi) is 4.77. The first-order valence-electron chi connectivity index (χ1n) is 9.16. The molecule has 2 aromatic carbocycles. The molecule has 1 aliphatic rings. The number of aryl methyl sites for hydroxylation is 1. The molecular formula is C22H22N2O3. The van der Waals surface area contributed by atoms with Crippen LogP contribution in [0, 0.1) is 6.92 Å². The minimum atomic E-state index is -0.431. The van der Waals surface area contributed by atoms with E-state index < -0.39 is 5.91 Å². The number of carbonyl (C=O) groups excluding carboxylic acids is 1. The van der Waals surface area contributed by atoms with Crippen molar-refractivity contribution < 1.29 is 14.3 Å². The van der Waals surface area contributed by atoms with Crippen LogP contribution in [-0.4, -0.2) is 30.2 Å². The number of nitrogens with two attached hydrogens (primary N) is 1. The zero-order chi connectivity index (χ0) is 18.8. The molecule has 1 amide bonds. The summed E-state index contributed by atoms with van der Waals surface area (Å²) in [5.41, 5.74) is 9.64. The van der Waals surface area contributed by atoms with E-state index in [2.05, 4.69) is 6.92 Å². The van der Waals surface area contributed by atoms with E-state index in [9.17, 15) is 4.79 Å². The quantitative estimate of drug-likeness (QED) is 0.748. The Hall–Kier alpha value is -2.92. The number of aromatic nitrogens is 1. The van der Waals surface area contributed by atoms with Crippen LogP contribution in [0.4, 0.5) is 0 Å². The molecule has 1 saturated heterocycles. The van der Waals surface area contributed by atoms with E-state index >= 15 is 0 Å². The van der Waals surface area contributed by atoms with Gasteiger partial charge in [0, 0.05) is 23.1 Å². The first kappa shape index (κ1) is 17.5. The maximum Gasteiger partial charge on any atom is 0.248 e. The fourth-order valence-corrected chi connectivity index (χ4v) is 3.38. The second-order valence-electron chi connectivity index (χ2n) is 6.89. The number of nitrogens with zero attached hydrogens (tertiary/aromatic N) is 1. The van der Waals surface area contributed by atoms with E-state index in [0.29, 0.717) is 12.2 Å². The van der Waals surface area contributed by atoms with Crippen molar-refractivity contribution >= 4 is 16.8 Å². The molecule has 1 aliphatic heterocycles. The van der Waals surface area contributed by atoms with Crippen LogP contribution in [0.25, 0.3) is 22.2 Å².